The highest BCUT2D eigenvalue weighted by Crippen LogP contribution is 2.23. The summed E-state index contributed by atoms with van der Waals surface area (Å²) in [5.74, 6) is 1.22. The number of aromatic amines is 1. The Morgan fingerprint density at radius 3 is 2.61 bits per heavy atom. The Morgan fingerprint density at radius 1 is 1.33 bits per heavy atom. The number of carbonyl (C=O) groups is 1. The maximum absolute atomic E-state index is 12.2. The van der Waals surface area contributed by atoms with Gasteiger partial charge in [0.05, 0.1) is 6.04 Å². The number of hydrogen-bond acceptors (Lipinski definition) is 2. The monoisotopic (exact) mass is 249 g/mol. The topological polar surface area (TPSA) is 57.8 Å². The van der Waals surface area contributed by atoms with Gasteiger partial charge >= 0.3 is 0 Å². The number of nitrogens with zero attached hydrogens (tertiary/aromatic N) is 1. The van der Waals surface area contributed by atoms with Gasteiger partial charge in [0.25, 0.3) is 0 Å². The summed E-state index contributed by atoms with van der Waals surface area (Å²) in [4.78, 5) is 19.4. The van der Waals surface area contributed by atoms with Crippen molar-refractivity contribution in [1.29, 1.82) is 0 Å². The van der Waals surface area contributed by atoms with Gasteiger partial charge in [-0.2, -0.15) is 0 Å². The number of rotatable bonds is 3. The molecule has 0 radical (unpaired) electrons. The molecule has 0 saturated heterocycles. The van der Waals surface area contributed by atoms with E-state index in [1.165, 1.54) is 32.1 Å². The molecule has 4 heteroatoms. The van der Waals surface area contributed by atoms with Crippen molar-refractivity contribution in [3.05, 3.63) is 18.2 Å². The van der Waals surface area contributed by atoms with Crippen molar-refractivity contribution in [1.82, 2.24) is 15.3 Å². The Morgan fingerprint density at radius 2 is 2.00 bits per heavy atom. The number of imidazole rings is 1. The van der Waals surface area contributed by atoms with Crippen LogP contribution in [0.15, 0.2) is 12.4 Å². The van der Waals surface area contributed by atoms with E-state index in [9.17, 15) is 4.79 Å². The van der Waals surface area contributed by atoms with Crippen molar-refractivity contribution < 1.29 is 4.79 Å². The largest absolute Gasteiger partial charge is 0.347 e. The fraction of sp³-hybridized carbons (Fsp3) is 0.714. The van der Waals surface area contributed by atoms with Crippen LogP contribution in [0.25, 0.3) is 0 Å². The van der Waals surface area contributed by atoms with Crippen molar-refractivity contribution in [3.63, 3.8) is 0 Å². The van der Waals surface area contributed by atoms with Crippen LogP contribution in [-0.2, 0) is 4.79 Å². The summed E-state index contributed by atoms with van der Waals surface area (Å²) in [5.41, 5.74) is 0. The molecule has 100 valence electrons. The summed E-state index contributed by atoms with van der Waals surface area (Å²) in [5, 5.41) is 3.07. The van der Waals surface area contributed by atoms with Crippen molar-refractivity contribution in [2.24, 2.45) is 5.92 Å². The number of aromatic nitrogens is 2. The van der Waals surface area contributed by atoms with Gasteiger partial charge < -0.3 is 10.3 Å². The normalized spacial score (nSPS) is 19.8. The van der Waals surface area contributed by atoms with Crippen LogP contribution in [0, 0.1) is 5.92 Å². The third kappa shape index (κ3) is 3.59. The molecule has 1 aromatic heterocycles. The molecule has 1 aliphatic carbocycles. The second-order valence-electron chi connectivity index (χ2n) is 5.25. The second-order valence-corrected chi connectivity index (χ2v) is 5.25. The molecule has 0 aliphatic heterocycles. The molecule has 1 saturated carbocycles. The minimum absolute atomic E-state index is 0.0297. The zero-order valence-corrected chi connectivity index (χ0v) is 11.1. The van der Waals surface area contributed by atoms with Gasteiger partial charge in [-0.25, -0.2) is 4.98 Å². The van der Waals surface area contributed by atoms with Crippen molar-refractivity contribution in [3.8, 4) is 0 Å². The molecule has 1 amide bonds. The third-order valence-electron chi connectivity index (χ3n) is 3.76. The Kier molecular flexibility index (Phi) is 4.79. The average molecular weight is 249 g/mol. The number of carbonyl (C=O) groups excluding carboxylic acids is 1. The smallest absolute Gasteiger partial charge is 0.223 e. The third-order valence-corrected chi connectivity index (χ3v) is 3.76. The number of H-pyrrole nitrogens is 1. The van der Waals surface area contributed by atoms with Gasteiger partial charge in [-0.3, -0.25) is 4.79 Å². The summed E-state index contributed by atoms with van der Waals surface area (Å²) in [7, 11) is 0. The quantitative estimate of drug-likeness (QED) is 0.865. The molecule has 4 nitrogen and oxygen atoms in total. The van der Waals surface area contributed by atoms with E-state index in [-0.39, 0.29) is 17.9 Å². The lowest BCUT2D eigenvalue weighted by Crippen LogP contribution is -2.33. The molecule has 1 aliphatic rings. The van der Waals surface area contributed by atoms with Gasteiger partial charge in [0.2, 0.25) is 5.91 Å². The van der Waals surface area contributed by atoms with Gasteiger partial charge in [-0.1, -0.05) is 32.1 Å². The standard InChI is InChI=1S/C14H23N3O/c1-11(13-15-9-10-16-13)17-14(18)12-7-5-3-2-4-6-8-12/h9-12H,2-8H2,1H3,(H,15,16)(H,17,18). The predicted octanol–water partition coefficient (Wildman–Crippen LogP) is 2.95. The van der Waals surface area contributed by atoms with Crippen LogP contribution in [0.1, 0.15) is 63.7 Å². The molecular formula is C14H23N3O. The molecular weight excluding hydrogens is 226 g/mol. The minimum Gasteiger partial charge on any atom is -0.347 e. The van der Waals surface area contributed by atoms with Crippen LogP contribution in [-0.4, -0.2) is 15.9 Å². The highest BCUT2D eigenvalue weighted by Gasteiger charge is 2.21. The Hall–Kier alpha value is -1.32. The van der Waals surface area contributed by atoms with Crippen molar-refractivity contribution in [2.45, 2.75) is 57.9 Å². The summed E-state index contributed by atoms with van der Waals surface area (Å²) in [6.45, 7) is 1.97. The molecule has 1 fully saturated rings. The van der Waals surface area contributed by atoms with Crippen LogP contribution in [0.5, 0.6) is 0 Å². The molecule has 2 N–H and O–H groups in total. The van der Waals surface area contributed by atoms with E-state index in [1.807, 2.05) is 6.92 Å². The summed E-state index contributed by atoms with van der Waals surface area (Å²) >= 11 is 0. The molecule has 0 aromatic carbocycles. The van der Waals surface area contributed by atoms with Crippen LogP contribution in [0.3, 0.4) is 0 Å². The molecule has 1 aromatic rings. The Labute approximate surface area is 109 Å². The lowest BCUT2D eigenvalue weighted by Gasteiger charge is -2.21. The van der Waals surface area contributed by atoms with Crippen molar-refractivity contribution in [2.75, 3.05) is 0 Å². The van der Waals surface area contributed by atoms with E-state index in [1.54, 1.807) is 12.4 Å². The first-order chi connectivity index (χ1) is 8.77. The van der Waals surface area contributed by atoms with Crippen LogP contribution >= 0.6 is 0 Å². The van der Waals surface area contributed by atoms with Gasteiger partial charge in [0.15, 0.2) is 0 Å². The Balaban J connectivity index is 1.86. The first-order valence-corrected chi connectivity index (χ1v) is 7.07. The van der Waals surface area contributed by atoms with E-state index < -0.39 is 0 Å². The van der Waals surface area contributed by atoms with Crippen molar-refractivity contribution >= 4 is 5.91 Å². The maximum atomic E-state index is 12.2. The second kappa shape index (κ2) is 6.57. The van der Waals surface area contributed by atoms with E-state index in [0.717, 1.165) is 18.7 Å². The van der Waals surface area contributed by atoms with E-state index in [0.29, 0.717) is 0 Å². The van der Waals surface area contributed by atoms with Crippen LogP contribution < -0.4 is 5.32 Å². The highest BCUT2D eigenvalue weighted by atomic mass is 16.1. The van der Waals surface area contributed by atoms with Crippen LogP contribution in [0.2, 0.25) is 0 Å². The lowest BCUT2D eigenvalue weighted by molar-refractivity contribution is -0.126. The SMILES string of the molecule is CC(NC(=O)C1CCCCCCC1)c1ncc[nH]1. The predicted molar refractivity (Wildman–Crippen MR) is 71.0 cm³/mol. The highest BCUT2D eigenvalue weighted by molar-refractivity contribution is 5.78. The molecule has 1 atom stereocenters. The van der Waals surface area contributed by atoms with Gasteiger partial charge in [0, 0.05) is 18.3 Å². The minimum atomic E-state index is -0.0297. The zero-order valence-electron chi connectivity index (χ0n) is 11.1. The first-order valence-electron chi connectivity index (χ1n) is 7.07. The molecule has 18 heavy (non-hydrogen) atoms. The van der Waals surface area contributed by atoms with E-state index in [2.05, 4.69) is 15.3 Å². The fourth-order valence-electron chi connectivity index (χ4n) is 2.63. The first kappa shape index (κ1) is 13.1. The average Bonchev–Trinajstić information content (AvgIpc) is 2.81. The van der Waals surface area contributed by atoms with Gasteiger partial charge in [-0.15, -0.1) is 0 Å². The zero-order chi connectivity index (χ0) is 12.8. The molecule has 0 bridgehead atoms. The summed E-state index contributed by atoms with van der Waals surface area (Å²) in [6, 6.07) is -0.0297. The lowest BCUT2D eigenvalue weighted by atomic mass is 9.90. The molecule has 2 rings (SSSR count). The van der Waals surface area contributed by atoms with E-state index in [4.69, 9.17) is 0 Å². The van der Waals surface area contributed by atoms with Crippen LogP contribution in [0.4, 0.5) is 0 Å². The molecule has 1 unspecified atom stereocenters. The molecule has 0 spiro atoms. The Bertz CT molecular complexity index is 353. The van der Waals surface area contributed by atoms with E-state index >= 15 is 0 Å². The number of nitrogens with one attached hydrogen (secondary N) is 2. The number of hydrogen-bond donors (Lipinski definition) is 2. The fourth-order valence-corrected chi connectivity index (χ4v) is 2.63. The number of amides is 1. The molecule has 1 heterocycles. The summed E-state index contributed by atoms with van der Waals surface area (Å²) < 4.78 is 0. The maximum Gasteiger partial charge on any atom is 0.223 e. The summed E-state index contributed by atoms with van der Waals surface area (Å²) in [6.07, 6.45) is 11.8. The van der Waals surface area contributed by atoms with Gasteiger partial charge in [-0.05, 0) is 19.8 Å². The van der Waals surface area contributed by atoms with Gasteiger partial charge in [0.1, 0.15) is 5.82 Å².